The molecule has 6 heteroatoms. The molecule has 0 aromatic heterocycles. The first-order valence-electron chi connectivity index (χ1n) is 10.9. The lowest BCUT2D eigenvalue weighted by molar-refractivity contribution is -0.153. The maximum Gasteiger partial charge on any atom is 0.338 e. The van der Waals surface area contributed by atoms with Crippen LogP contribution < -0.4 is 4.90 Å². The molecule has 1 aliphatic carbocycles. The van der Waals surface area contributed by atoms with Crippen LogP contribution in [0.4, 0.5) is 5.69 Å². The van der Waals surface area contributed by atoms with Crippen LogP contribution in [0.25, 0.3) is 6.08 Å². The summed E-state index contributed by atoms with van der Waals surface area (Å²) < 4.78 is 22.1. The third kappa shape index (κ3) is 5.42. The molecular formula is C24H35NO5. The van der Waals surface area contributed by atoms with Crippen molar-refractivity contribution in [3.05, 3.63) is 35.9 Å². The van der Waals surface area contributed by atoms with E-state index < -0.39 is 0 Å². The summed E-state index contributed by atoms with van der Waals surface area (Å²) in [6.07, 6.45) is 8.63. The highest BCUT2D eigenvalue weighted by Gasteiger charge is 2.30. The number of benzene rings is 1. The minimum atomic E-state index is -0.333. The minimum Gasteiger partial charge on any atom is -0.465 e. The zero-order valence-electron chi connectivity index (χ0n) is 18.5. The molecule has 1 aromatic rings. The van der Waals surface area contributed by atoms with Gasteiger partial charge >= 0.3 is 5.97 Å². The minimum absolute atomic E-state index is 0.0970. The van der Waals surface area contributed by atoms with E-state index in [1.54, 1.807) is 20.3 Å². The summed E-state index contributed by atoms with van der Waals surface area (Å²) in [4.78, 5) is 14.2. The van der Waals surface area contributed by atoms with E-state index in [2.05, 4.69) is 11.5 Å². The second-order valence-electron chi connectivity index (χ2n) is 8.17. The highest BCUT2D eigenvalue weighted by atomic mass is 16.7. The average molecular weight is 418 g/mol. The maximum atomic E-state index is 11.9. The van der Waals surface area contributed by atoms with Gasteiger partial charge in [0.1, 0.15) is 0 Å². The van der Waals surface area contributed by atoms with Crippen LogP contribution in [0.2, 0.25) is 0 Å². The molecule has 0 radical (unpaired) electrons. The lowest BCUT2D eigenvalue weighted by Gasteiger charge is -2.38. The Labute approximate surface area is 180 Å². The third-order valence-electron chi connectivity index (χ3n) is 6.42. The predicted molar refractivity (Wildman–Crippen MR) is 118 cm³/mol. The molecule has 1 aromatic carbocycles. The predicted octanol–water partition coefficient (Wildman–Crippen LogP) is 4.28. The van der Waals surface area contributed by atoms with E-state index in [0.29, 0.717) is 23.7 Å². The number of esters is 1. The van der Waals surface area contributed by atoms with Gasteiger partial charge in [-0.15, -0.1) is 0 Å². The Kier molecular flexibility index (Phi) is 8.31. The van der Waals surface area contributed by atoms with Crippen molar-refractivity contribution in [2.24, 2.45) is 5.92 Å². The molecule has 0 atom stereocenters. The molecule has 1 saturated heterocycles. The van der Waals surface area contributed by atoms with Crippen LogP contribution >= 0.6 is 0 Å². The van der Waals surface area contributed by atoms with Crippen molar-refractivity contribution < 1.29 is 23.7 Å². The normalized spacial score (nSPS) is 22.9. The second-order valence-corrected chi connectivity index (χ2v) is 8.17. The molecule has 2 aliphatic rings. The Morgan fingerprint density at radius 2 is 1.67 bits per heavy atom. The Bertz CT molecular complexity index is 702. The molecule has 0 unspecified atom stereocenters. The summed E-state index contributed by atoms with van der Waals surface area (Å²) in [5, 5.41) is 0. The number of hydrogen-bond acceptors (Lipinski definition) is 6. The molecule has 30 heavy (non-hydrogen) atoms. The molecule has 0 bridgehead atoms. The average Bonchev–Trinajstić information content (AvgIpc) is 2.80. The van der Waals surface area contributed by atoms with Gasteiger partial charge in [0.05, 0.1) is 24.9 Å². The first-order valence-corrected chi connectivity index (χ1v) is 10.9. The summed E-state index contributed by atoms with van der Waals surface area (Å²) in [7, 11) is 4.82. The molecule has 166 valence electrons. The fraction of sp³-hybridized carbons (Fsp3) is 0.625. The summed E-state index contributed by atoms with van der Waals surface area (Å²) in [6.45, 7) is 5.73. The molecule has 1 heterocycles. The fourth-order valence-corrected chi connectivity index (χ4v) is 4.71. The van der Waals surface area contributed by atoms with Crippen LogP contribution in [-0.2, 0) is 18.9 Å². The van der Waals surface area contributed by atoms with E-state index in [1.807, 2.05) is 18.2 Å². The summed E-state index contributed by atoms with van der Waals surface area (Å²) in [5.41, 5.74) is 2.47. The molecule has 6 nitrogen and oxygen atoms in total. The van der Waals surface area contributed by atoms with Gasteiger partial charge in [-0.3, -0.25) is 0 Å². The largest absolute Gasteiger partial charge is 0.465 e. The van der Waals surface area contributed by atoms with Gasteiger partial charge in [-0.25, -0.2) is 4.79 Å². The van der Waals surface area contributed by atoms with E-state index >= 15 is 0 Å². The zero-order chi connectivity index (χ0) is 21.5. The molecule has 0 spiro atoms. The highest BCUT2D eigenvalue weighted by molar-refractivity contribution is 5.94. The van der Waals surface area contributed by atoms with Crippen molar-refractivity contribution in [3.63, 3.8) is 0 Å². The van der Waals surface area contributed by atoms with Crippen LogP contribution in [0, 0.1) is 5.92 Å². The Morgan fingerprint density at radius 3 is 2.23 bits per heavy atom. The number of carbonyl (C=O) groups is 1. The van der Waals surface area contributed by atoms with Crippen molar-refractivity contribution in [2.45, 2.75) is 57.0 Å². The van der Waals surface area contributed by atoms with E-state index in [1.165, 1.54) is 7.11 Å². The summed E-state index contributed by atoms with van der Waals surface area (Å²) >= 11 is 0. The van der Waals surface area contributed by atoms with E-state index in [0.717, 1.165) is 62.9 Å². The first kappa shape index (κ1) is 22.8. The molecule has 3 rings (SSSR count). The Morgan fingerprint density at radius 1 is 1.03 bits per heavy atom. The Hall–Kier alpha value is -1.89. The molecular weight excluding hydrogens is 382 g/mol. The zero-order valence-corrected chi connectivity index (χ0v) is 18.5. The first-order chi connectivity index (χ1) is 14.6. The van der Waals surface area contributed by atoms with Crippen LogP contribution in [0.1, 0.15) is 54.4 Å². The van der Waals surface area contributed by atoms with Gasteiger partial charge in [0, 0.05) is 38.9 Å². The fourth-order valence-electron chi connectivity index (χ4n) is 4.71. The molecule has 0 N–H and O–H groups in total. The van der Waals surface area contributed by atoms with Crippen molar-refractivity contribution >= 4 is 17.7 Å². The third-order valence-corrected chi connectivity index (χ3v) is 6.42. The maximum absolute atomic E-state index is 11.9. The quantitative estimate of drug-likeness (QED) is 0.465. The lowest BCUT2D eigenvalue weighted by Crippen LogP contribution is -2.39. The smallest absolute Gasteiger partial charge is 0.338 e. The summed E-state index contributed by atoms with van der Waals surface area (Å²) in [6, 6.07) is 5.83. The number of nitrogens with zero attached hydrogens (tertiary/aromatic N) is 1. The number of methoxy groups -OCH3 is 3. The highest BCUT2D eigenvalue weighted by Crippen LogP contribution is 2.32. The van der Waals surface area contributed by atoms with Gasteiger partial charge in [-0.05, 0) is 62.3 Å². The Balaban J connectivity index is 1.49. The number of ether oxygens (including phenoxy) is 4. The topological polar surface area (TPSA) is 57.2 Å². The second kappa shape index (κ2) is 10.9. The number of carbonyl (C=O) groups excluding carboxylic acids is 1. The van der Waals surface area contributed by atoms with Gasteiger partial charge in [-0.1, -0.05) is 12.7 Å². The van der Waals surface area contributed by atoms with Crippen molar-refractivity contribution in [1.29, 1.82) is 0 Å². The van der Waals surface area contributed by atoms with Gasteiger partial charge in [0.2, 0.25) is 0 Å². The van der Waals surface area contributed by atoms with Crippen LogP contribution in [0.3, 0.4) is 0 Å². The van der Waals surface area contributed by atoms with Crippen LogP contribution in [0.5, 0.6) is 0 Å². The standard InChI is InChI=1S/C24H35NO5/c1-5-17-16-19(8-11-22(17)23(26)27-2)25-14-12-21(13-15-25)30-20-9-6-18(7-10-20)24(28-3)29-4/h5,8,11,16,18,20-21,24H,1,6-7,9-10,12-15H2,2-4H3. The van der Waals surface area contributed by atoms with Crippen molar-refractivity contribution in [2.75, 3.05) is 39.3 Å². The van der Waals surface area contributed by atoms with E-state index in [4.69, 9.17) is 18.9 Å². The molecule has 1 saturated carbocycles. The molecule has 2 fully saturated rings. The lowest BCUT2D eigenvalue weighted by atomic mass is 9.86. The van der Waals surface area contributed by atoms with Crippen LogP contribution in [-0.4, -0.2) is 58.9 Å². The van der Waals surface area contributed by atoms with E-state index in [-0.39, 0.29) is 12.3 Å². The van der Waals surface area contributed by atoms with Crippen molar-refractivity contribution in [3.8, 4) is 0 Å². The van der Waals surface area contributed by atoms with Crippen molar-refractivity contribution in [1.82, 2.24) is 0 Å². The SMILES string of the molecule is C=Cc1cc(N2CCC(OC3CCC(C(OC)OC)CC3)CC2)ccc1C(=O)OC. The molecule has 0 amide bonds. The summed E-state index contributed by atoms with van der Waals surface area (Å²) in [5.74, 6) is 0.134. The van der Waals surface area contributed by atoms with Crippen LogP contribution in [0.15, 0.2) is 24.8 Å². The van der Waals surface area contributed by atoms with Gasteiger partial charge in [0.15, 0.2) is 6.29 Å². The van der Waals surface area contributed by atoms with Gasteiger partial charge in [-0.2, -0.15) is 0 Å². The monoisotopic (exact) mass is 417 g/mol. The number of anilines is 1. The van der Waals surface area contributed by atoms with Gasteiger partial charge in [0.25, 0.3) is 0 Å². The van der Waals surface area contributed by atoms with Gasteiger partial charge < -0.3 is 23.8 Å². The molecule has 1 aliphatic heterocycles. The number of hydrogen-bond donors (Lipinski definition) is 0. The number of rotatable bonds is 8. The number of piperidine rings is 1. The van der Waals surface area contributed by atoms with E-state index in [9.17, 15) is 4.79 Å².